The van der Waals surface area contributed by atoms with Crippen LogP contribution < -0.4 is 21.6 Å². The maximum atomic E-state index is 11.9. The van der Waals surface area contributed by atoms with Crippen molar-refractivity contribution >= 4 is 5.91 Å². The van der Waals surface area contributed by atoms with E-state index < -0.39 is 5.91 Å². The third-order valence-electron chi connectivity index (χ3n) is 2.52. The number of nitrogens with one attached hydrogen (secondary N) is 1. The van der Waals surface area contributed by atoms with Crippen molar-refractivity contribution in [1.29, 1.82) is 0 Å². The van der Waals surface area contributed by atoms with Crippen molar-refractivity contribution in [3.8, 4) is 6.01 Å². The lowest BCUT2D eigenvalue weighted by Crippen LogP contribution is -2.30. The number of methoxy groups -OCH3 is 1. The molecule has 9 nitrogen and oxygen atoms in total. The number of hydrogen-bond donors (Lipinski definition) is 2. The molecule has 0 saturated heterocycles. The van der Waals surface area contributed by atoms with Gasteiger partial charge in [-0.3, -0.25) is 19.6 Å². The van der Waals surface area contributed by atoms with Gasteiger partial charge < -0.3 is 9.26 Å². The highest BCUT2D eigenvalue weighted by molar-refractivity contribution is 5.91. The fourth-order valence-corrected chi connectivity index (χ4v) is 1.62. The summed E-state index contributed by atoms with van der Waals surface area (Å²) in [7, 11) is 1.41. The molecule has 0 aromatic carbocycles. The van der Waals surface area contributed by atoms with E-state index >= 15 is 0 Å². The zero-order valence-corrected chi connectivity index (χ0v) is 10.9. The molecule has 0 aliphatic rings. The molecule has 0 aliphatic heterocycles. The molecule has 2 rings (SSSR count). The van der Waals surface area contributed by atoms with Crippen molar-refractivity contribution in [3.05, 3.63) is 39.6 Å². The summed E-state index contributed by atoms with van der Waals surface area (Å²) in [5, 5.41) is 3.54. The number of ether oxygens (including phenoxy) is 1. The van der Waals surface area contributed by atoms with E-state index in [1.54, 1.807) is 6.92 Å². The van der Waals surface area contributed by atoms with Crippen LogP contribution in [0.4, 0.5) is 0 Å². The molecular formula is C11H13N5O4. The lowest BCUT2D eigenvalue weighted by Gasteiger charge is -2.08. The van der Waals surface area contributed by atoms with E-state index in [0.29, 0.717) is 11.5 Å². The summed E-state index contributed by atoms with van der Waals surface area (Å²) in [5.74, 6) is 4.70. The van der Waals surface area contributed by atoms with Gasteiger partial charge in [0.05, 0.1) is 13.7 Å². The number of carbonyl (C=O) groups is 1. The van der Waals surface area contributed by atoms with Gasteiger partial charge in [0.2, 0.25) is 0 Å². The molecule has 106 valence electrons. The lowest BCUT2D eigenvalue weighted by atomic mass is 10.3. The van der Waals surface area contributed by atoms with Gasteiger partial charge in [-0.25, -0.2) is 10.8 Å². The molecule has 0 fully saturated rings. The van der Waals surface area contributed by atoms with Crippen LogP contribution >= 0.6 is 0 Å². The lowest BCUT2D eigenvalue weighted by molar-refractivity contribution is 0.0944. The molecule has 0 bridgehead atoms. The Kier molecular flexibility index (Phi) is 3.80. The van der Waals surface area contributed by atoms with Crippen molar-refractivity contribution in [2.45, 2.75) is 13.5 Å². The predicted molar refractivity (Wildman–Crippen MR) is 67.0 cm³/mol. The molecule has 0 saturated carbocycles. The van der Waals surface area contributed by atoms with Crippen LogP contribution in [-0.4, -0.2) is 27.7 Å². The summed E-state index contributed by atoms with van der Waals surface area (Å²) in [4.78, 5) is 27.2. The van der Waals surface area contributed by atoms with Crippen LogP contribution in [0.25, 0.3) is 0 Å². The normalized spacial score (nSPS) is 10.3. The van der Waals surface area contributed by atoms with Crippen LogP contribution in [-0.2, 0) is 6.54 Å². The van der Waals surface area contributed by atoms with Gasteiger partial charge in [-0.05, 0) is 6.92 Å². The van der Waals surface area contributed by atoms with Crippen molar-refractivity contribution in [1.82, 2.24) is 20.1 Å². The van der Waals surface area contributed by atoms with Gasteiger partial charge in [-0.15, -0.1) is 0 Å². The van der Waals surface area contributed by atoms with Gasteiger partial charge in [-0.2, -0.15) is 0 Å². The van der Waals surface area contributed by atoms with Gasteiger partial charge in [0.25, 0.3) is 17.5 Å². The van der Waals surface area contributed by atoms with Gasteiger partial charge >= 0.3 is 0 Å². The van der Waals surface area contributed by atoms with Crippen LogP contribution in [0, 0.1) is 6.92 Å². The minimum atomic E-state index is -0.582. The van der Waals surface area contributed by atoms with E-state index in [4.69, 9.17) is 15.1 Å². The largest absolute Gasteiger partial charge is 0.468 e. The van der Waals surface area contributed by atoms with Crippen LogP contribution in [0.2, 0.25) is 0 Å². The molecule has 1 amide bonds. The molecule has 0 atom stereocenters. The summed E-state index contributed by atoms with van der Waals surface area (Å²) < 4.78 is 11.3. The Hall–Kier alpha value is -2.68. The van der Waals surface area contributed by atoms with E-state index in [1.807, 2.05) is 5.43 Å². The van der Waals surface area contributed by atoms with Crippen molar-refractivity contribution in [2.75, 3.05) is 7.11 Å². The monoisotopic (exact) mass is 279 g/mol. The summed E-state index contributed by atoms with van der Waals surface area (Å²) in [6.45, 7) is 1.73. The number of aryl methyl sites for hydroxylation is 1. The quantitative estimate of drug-likeness (QED) is 0.426. The van der Waals surface area contributed by atoms with Gasteiger partial charge in [0.15, 0.2) is 11.5 Å². The third-order valence-corrected chi connectivity index (χ3v) is 2.52. The fourth-order valence-electron chi connectivity index (χ4n) is 1.62. The van der Waals surface area contributed by atoms with Gasteiger partial charge in [0.1, 0.15) is 0 Å². The Balaban J connectivity index is 2.33. The Labute approximate surface area is 113 Å². The number of nitrogens with two attached hydrogens (primary N) is 1. The van der Waals surface area contributed by atoms with Crippen molar-refractivity contribution < 1.29 is 14.1 Å². The second kappa shape index (κ2) is 5.53. The molecule has 0 unspecified atom stereocenters. The van der Waals surface area contributed by atoms with E-state index in [9.17, 15) is 9.59 Å². The first-order chi connectivity index (χ1) is 9.55. The van der Waals surface area contributed by atoms with Crippen molar-refractivity contribution in [2.24, 2.45) is 5.84 Å². The van der Waals surface area contributed by atoms with E-state index in [1.165, 1.54) is 23.8 Å². The number of nitrogens with zero attached hydrogens (tertiary/aromatic N) is 3. The fraction of sp³-hybridized carbons (Fsp3) is 0.273. The second-order valence-corrected chi connectivity index (χ2v) is 3.96. The number of aromatic nitrogens is 3. The highest BCUT2D eigenvalue weighted by Gasteiger charge is 2.14. The number of amides is 1. The molecule has 2 heterocycles. The van der Waals surface area contributed by atoms with Crippen LogP contribution in [0.15, 0.2) is 21.5 Å². The smallest absolute Gasteiger partial charge is 0.299 e. The summed E-state index contributed by atoms with van der Waals surface area (Å²) in [6, 6.07) is 2.90. The molecule has 0 spiro atoms. The summed E-state index contributed by atoms with van der Waals surface area (Å²) >= 11 is 0. The van der Waals surface area contributed by atoms with E-state index in [0.717, 1.165) is 0 Å². The summed E-state index contributed by atoms with van der Waals surface area (Å²) in [5.41, 5.74) is 2.21. The molecule has 9 heteroatoms. The minimum Gasteiger partial charge on any atom is -0.468 e. The Morgan fingerprint density at radius 2 is 2.30 bits per heavy atom. The molecule has 2 aromatic rings. The zero-order chi connectivity index (χ0) is 14.7. The number of carbonyl (C=O) groups excluding carboxylic acids is 1. The number of rotatable bonds is 4. The molecule has 20 heavy (non-hydrogen) atoms. The average molecular weight is 279 g/mol. The molecule has 3 N–H and O–H groups in total. The standard InChI is InChI=1S/C11H13N5O4/c1-6-3-9(17)16(11(13-6)19-2)5-7-4-8(15-20-7)10(18)14-12/h3-4H,5,12H2,1-2H3,(H,14,18). The number of hydrazine groups is 1. The molecular weight excluding hydrogens is 266 g/mol. The van der Waals surface area contributed by atoms with Crippen molar-refractivity contribution in [3.63, 3.8) is 0 Å². The number of hydrogen-bond acceptors (Lipinski definition) is 7. The maximum Gasteiger partial charge on any atom is 0.299 e. The molecule has 0 aliphatic carbocycles. The predicted octanol–water partition coefficient (Wildman–Crippen LogP) is -0.800. The Bertz CT molecular complexity index is 690. The van der Waals surface area contributed by atoms with Crippen LogP contribution in [0.1, 0.15) is 21.9 Å². The van der Waals surface area contributed by atoms with Crippen LogP contribution in [0.3, 0.4) is 0 Å². The third kappa shape index (κ3) is 2.67. The SMILES string of the molecule is COc1nc(C)cc(=O)n1Cc1cc(C(=O)NN)no1. The maximum absolute atomic E-state index is 11.9. The first kappa shape index (κ1) is 13.7. The Morgan fingerprint density at radius 3 is 2.95 bits per heavy atom. The first-order valence-electron chi connectivity index (χ1n) is 5.64. The van der Waals surface area contributed by atoms with Crippen LogP contribution in [0.5, 0.6) is 6.01 Å². The first-order valence-corrected chi connectivity index (χ1v) is 5.64. The number of nitrogen functional groups attached to an aromatic ring is 1. The highest BCUT2D eigenvalue weighted by atomic mass is 16.5. The highest BCUT2D eigenvalue weighted by Crippen LogP contribution is 2.10. The average Bonchev–Trinajstić information content (AvgIpc) is 2.89. The molecule has 0 radical (unpaired) electrons. The van der Waals surface area contributed by atoms with Gasteiger partial charge in [-0.1, -0.05) is 5.16 Å². The van der Waals surface area contributed by atoms with E-state index in [2.05, 4.69) is 10.1 Å². The van der Waals surface area contributed by atoms with E-state index in [-0.39, 0.29) is 23.8 Å². The van der Waals surface area contributed by atoms with Gasteiger partial charge in [0, 0.05) is 17.8 Å². The Morgan fingerprint density at radius 1 is 1.55 bits per heavy atom. The molecule has 2 aromatic heterocycles. The zero-order valence-electron chi connectivity index (χ0n) is 10.9. The second-order valence-electron chi connectivity index (χ2n) is 3.96. The summed E-state index contributed by atoms with van der Waals surface area (Å²) in [6.07, 6.45) is 0. The minimum absolute atomic E-state index is 0.0228. The topological polar surface area (TPSA) is 125 Å².